The van der Waals surface area contributed by atoms with Crippen LogP contribution in [0.1, 0.15) is 15.9 Å². The van der Waals surface area contributed by atoms with Crippen molar-refractivity contribution in [3.63, 3.8) is 0 Å². The molecule has 0 bridgehead atoms. The molecule has 2 aromatic carbocycles. The van der Waals surface area contributed by atoms with E-state index < -0.39 is 17.5 Å². The Bertz CT molecular complexity index is 674. The van der Waals surface area contributed by atoms with Gasteiger partial charge < -0.3 is 15.2 Å². The van der Waals surface area contributed by atoms with E-state index in [9.17, 15) is 18.7 Å². The summed E-state index contributed by atoms with van der Waals surface area (Å²) in [6.45, 7) is -0.158. The van der Waals surface area contributed by atoms with Crippen LogP contribution in [0.4, 0.5) is 8.78 Å². The number of ether oxygens (including phenoxy) is 1. The lowest BCUT2D eigenvalue weighted by Crippen LogP contribution is -2.23. The van der Waals surface area contributed by atoms with Crippen molar-refractivity contribution in [2.45, 2.75) is 6.54 Å². The Hall–Kier alpha value is -2.63. The van der Waals surface area contributed by atoms with Gasteiger partial charge in [-0.1, -0.05) is 0 Å². The summed E-state index contributed by atoms with van der Waals surface area (Å²) in [5.41, 5.74) is 0.228. The van der Waals surface area contributed by atoms with Gasteiger partial charge in [0.1, 0.15) is 11.6 Å². The molecule has 6 heteroatoms. The molecule has 4 nitrogen and oxygen atoms in total. The highest BCUT2D eigenvalue weighted by Crippen LogP contribution is 2.26. The number of halogens is 2. The van der Waals surface area contributed by atoms with Gasteiger partial charge >= 0.3 is 0 Å². The van der Waals surface area contributed by atoms with Crippen molar-refractivity contribution in [3.05, 3.63) is 59.2 Å². The fraction of sp³-hybridized carbons (Fsp3) is 0.133. The molecule has 0 saturated carbocycles. The van der Waals surface area contributed by atoms with Crippen LogP contribution in [0.5, 0.6) is 11.5 Å². The molecule has 0 heterocycles. The van der Waals surface area contributed by atoms with Crippen molar-refractivity contribution >= 4 is 5.91 Å². The predicted octanol–water partition coefficient (Wildman–Crippen LogP) is 2.61. The van der Waals surface area contributed by atoms with E-state index in [-0.39, 0.29) is 29.2 Å². The number of amides is 1. The van der Waals surface area contributed by atoms with E-state index in [1.165, 1.54) is 25.3 Å². The van der Waals surface area contributed by atoms with Crippen LogP contribution < -0.4 is 10.1 Å². The molecule has 0 aromatic heterocycles. The van der Waals surface area contributed by atoms with Crippen molar-refractivity contribution in [1.29, 1.82) is 0 Å². The number of phenolic OH excluding ortho intramolecular Hbond substituents is 1. The first-order valence-electron chi connectivity index (χ1n) is 6.10. The monoisotopic (exact) mass is 293 g/mol. The largest absolute Gasteiger partial charge is 0.504 e. The normalized spacial score (nSPS) is 10.2. The first-order chi connectivity index (χ1) is 10.0. The number of rotatable bonds is 4. The summed E-state index contributed by atoms with van der Waals surface area (Å²) in [6, 6.07) is 7.14. The summed E-state index contributed by atoms with van der Waals surface area (Å²) in [5.74, 6) is -1.64. The third-order valence-electron chi connectivity index (χ3n) is 2.89. The standard InChI is InChI=1S/C15H13F2NO3/c1-21-14-5-2-9(7-13(14)19)15(20)18-8-10-6-11(16)3-4-12(10)17/h2-7,19H,8H2,1H3,(H,18,20). The van der Waals surface area contributed by atoms with Gasteiger partial charge in [-0.15, -0.1) is 0 Å². The molecule has 1 amide bonds. The highest BCUT2D eigenvalue weighted by atomic mass is 19.1. The Morgan fingerprint density at radius 2 is 2.00 bits per heavy atom. The Balaban J connectivity index is 2.08. The van der Waals surface area contributed by atoms with Crippen LogP contribution in [0.25, 0.3) is 0 Å². The molecule has 0 unspecified atom stereocenters. The van der Waals surface area contributed by atoms with E-state index in [1.807, 2.05) is 0 Å². The number of methoxy groups -OCH3 is 1. The van der Waals surface area contributed by atoms with Crippen molar-refractivity contribution in [1.82, 2.24) is 5.32 Å². The van der Waals surface area contributed by atoms with Gasteiger partial charge in [0, 0.05) is 17.7 Å². The topological polar surface area (TPSA) is 58.6 Å². The third kappa shape index (κ3) is 3.47. The summed E-state index contributed by atoms with van der Waals surface area (Å²) in [5, 5.41) is 12.0. The number of nitrogens with one attached hydrogen (secondary N) is 1. The second kappa shape index (κ2) is 6.21. The van der Waals surface area contributed by atoms with Crippen molar-refractivity contribution in [2.75, 3.05) is 7.11 Å². The van der Waals surface area contributed by atoms with E-state index in [2.05, 4.69) is 5.32 Å². The quantitative estimate of drug-likeness (QED) is 0.911. The summed E-state index contributed by atoms with van der Waals surface area (Å²) in [6.07, 6.45) is 0. The number of benzene rings is 2. The van der Waals surface area contributed by atoms with Gasteiger partial charge in [-0.25, -0.2) is 8.78 Å². The van der Waals surface area contributed by atoms with E-state index in [1.54, 1.807) is 0 Å². The Morgan fingerprint density at radius 1 is 1.24 bits per heavy atom. The molecule has 0 aliphatic carbocycles. The fourth-order valence-corrected chi connectivity index (χ4v) is 1.79. The van der Waals surface area contributed by atoms with Crippen molar-refractivity contribution < 1.29 is 23.4 Å². The van der Waals surface area contributed by atoms with E-state index in [4.69, 9.17) is 4.74 Å². The number of aromatic hydroxyl groups is 1. The van der Waals surface area contributed by atoms with Crippen molar-refractivity contribution in [3.8, 4) is 11.5 Å². The van der Waals surface area contributed by atoms with Crippen LogP contribution in [0.15, 0.2) is 36.4 Å². The van der Waals surface area contributed by atoms with Crippen LogP contribution in [0, 0.1) is 11.6 Å². The minimum absolute atomic E-state index is 0.0427. The zero-order valence-electron chi connectivity index (χ0n) is 11.2. The average Bonchev–Trinajstić information content (AvgIpc) is 2.47. The maximum absolute atomic E-state index is 13.4. The summed E-state index contributed by atoms with van der Waals surface area (Å²) in [7, 11) is 1.39. The minimum atomic E-state index is -0.603. The highest BCUT2D eigenvalue weighted by Gasteiger charge is 2.11. The first kappa shape index (κ1) is 14.8. The number of carbonyl (C=O) groups is 1. The SMILES string of the molecule is COc1ccc(C(=O)NCc2cc(F)ccc2F)cc1O. The number of hydrogen-bond acceptors (Lipinski definition) is 3. The van der Waals surface area contributed by atoms with Gasteiger partial charge in [-0.05, 0) is 36.4 Å². The van der Waals surface area contributed by atoms with Gasteiger partial charge in [0.25, 0.3) is 5.91 Å². The number of hydrogen-bond donors (Lipinski definition) is 2. The Kier molecular flexibility index (Phi) is 4.37. The second-order valence-corrected chi connectivity index (χ2v) is 4.31. The summed E-state index contributed by atoms with van der Waals surface area (Å²) < 4.78 is 31.3. The van der Waals surface area contributed by atoms with E-state index in [0.29, 0.717) is 0 Å². The Labute approximate surface area is 120 Å². The third-order valence-corrected chi connectivity index (χ3v) is 2.89. The molecule has 0 radical (unpaired) electrons. The smallest absolute Gasteiger partial charge is 0.251 e. The van der Waals surface area contributed by atoms with Crippen molar-refractivity contribution in [2.24, 2.45) is 0 Å². The Morgan fingerprint density at radius 3 is 2.67 bits per heavy atom. The molecule has 2 aromatic rings. The second-order valence-electron chi connectivity index (χ2n) is 4.31. The van der Waals surface area contributed by atoms with Gasteiger partial charge in [0.15, 0.2) is 11.5 Å². The molecule has 0 atom stereocenters. The van der Waals surface area contributed by atoms with Crippen LogP contribution in [-0.2, 0) is 6.54 Å². The van der Waals surface area contributed by atoms with E-state index in [0.717, 1.165) is 18.2 Å². The zero-order chi connectivity index (χ0) is 15.4. The maximum atomic E-state index is 13.4. The van der Waals surface area contributed by atoms with Crippen LogP contribution >= 0.6 is 0 Å². The van der Waals surface area contributed by atoms with E-state index >= 15 is 0 Å². The van der Waals surface area contributed by atoms with Crippen LogP contribution in [-0.4, -0.2) is 18.1 Å². The molecular weight excluding hydrogens is 280 g/mol. The van der Waals surface area contributed by atoms with Gasteiger partial charge in [-0.3, -0.25) is 4.79 Å². The first-order valence-corrected chi connectivity index (χ1v) is 6.10. The average molecular weight is 293 g/mol. The fourth-order valence-electron chi connectivity index (χ4n) is 1.79. The minimum Gasteiger partial charge on any atom is -0.504 e. The molecule has 2 rings (SSSR count). The number of phenols is 1. The van der Waals surface area contributed by atoms with Gasteiger partial charge in [-0.2, -0.15) is 0 Å². The molecule has 2 N–H and O–H groups in total. The maximum Gasteiger partial charge on any atom is 0.251 e. The molecule has 0 spiro atoms. The lowest BCUT2D eigenvalue weighted by Gasteiger charge is -2.08. The lowest BCUT2D eigenvalue weighted by molar-refractivity contribution is 0.0950. The van der Waals surface area contributed by atoms with Gasteiger partial charge in [0.05, 0.1) is 7.11 Å². The molecule has 0 aliphatic rings. The molecule has 0 fully saturated rings. The zero-order valence-corrected chi connectivity index (χ0v) is 11.2. The predicted molar refractivity (Wildman–Crippen MR) is 72.2 cm³/mol. The molecule has 110 valence electrons. The summed E-state index contributed by atoms with van der Waals surface area (Å²) >= 11 is 0. The van der Waals surface area contributed by atoms with Crippen LogP contribution in [0.3, 0.4) is 0 Å². The molecular formula is C15H13F2NO3. The molecule has 0 aliphatic heterocycles. The molecule has 0 saturated heterocycles. The van der Waals surface area contributed by atoms with Gasteiger partial charge in [0.2, 0.25) is 0 Å². The highest BCUT2D eigenvalue weighted by molar-refractivity contribution is 5.94. The molecule has 21 heavy (non-hydrogen) atoms. The number of carbonyl (C=O) groups excluding carboxylic acids is 1. The lowest BCUT2D eigenvalue weighted by atomic mass is 10.1. The van der Waals surface area contributed by atoms with Crippen LogP contribution in [0.2, 0.25) is 0 Å². The summed E-state index contributed by atoms with van der Waals surface area (Å²) in [4.78, 5) is 11.9.